The molecular formula is C28H38N4O3. The normalized spacial score (nSPS) is 13.6. The Morgan fingerprint density at radius 3 is 2.51 bits per heavy atom. The molecule has 35 heavy (non-hydrogen) atoms. The van der Waals surface area contributed by atoms with Gasteiger partial charge in [-0.1, -0.05) is 43.7 Å². The highest BCUT2D eigenvalue weighted by atomic mass is 16.5. The van der Waals surface area contributed by atoms with E-state index in [9.17, 15) is 9.59 Å². The van der Waals surface area contributed by atoms with Gasteiger partial charge in [-0.3, -0.25) is 14.5 Å². The van der Waals surface area contributed by atoms with Gasteiger partial charge in [0.2, 0.25) is 11.8 Å². The van der Waals surface area contributed by atoms with Crippen molar-refractivity contribution in [2.45, 2.75) is 52.0 Å². The number of amides is 2. The predicted molar refractivity (Wildman–Crippen MR) is 139 cm³/mol. The second-order valence-electron chi connectivity index (χ2n) is 8.86. The van der Waals surface area contributed by atoms with E-state index in [1.165, 1.54) is 23.4 Å². The molecular weight excluding hydrogens is 440 g/mol. The standard InChI is InChI=1S/C28H38N4O3/c1-3-4-19-31(22-23-9-6-5-7-10-23)20-8-18-29-27(33)17-21-32-28(34)16-15-26(30-32)24-11-13-25(35-2)14-12-24/h5-7,9-14H,3-4,8,15-22H2,1-2H3,(H,29,33). The Morgan fingerprint density at radius 2 is 1.80 bits per heavy atom. The largest absolute Gasteiger partial charge is 0.497 e. The van der Waals surface area contributed by atoms with E-state index < -0.39 is 0 Å². The van der Waals surface area contributed by atoms with E-state index in [0.717, 1.165) is 43.1 Å². The first-order valence-corrected chi connectivity index (χ1v) is 12.6. The molecule has 7 heteroatoms. The Hall–Kier alpha value is -3.19. The zero-order valence-corrected chi connectivity index (χ0v) is 21.0. The lowest BCUT2D eigenvalue weighted by molar-refractivity contribution is -0.132. The van der Waals surface area contributed by atoms with Gasteiger partial charge in [0, 0.05) is 38.9 Å². The molecule has 7 nitrogen and oxygen atoms in total. The van der Waals surface area contributed by atoms with Crippen molar-refractivity contribution in [1.82, 2.24) is 15.2 Å². The molecule has 0 radical (unpaired) electrons. The summed E-state index contributed by atoms with van der Waals surface area (Å²) in [6.07, 6.45) is 4.48. The van der Waals surface area contributed by atoms with Crippen LogP contribution in [0.1, 0.15) is 56.6 Å². The SMILES string of the molecule is CCCCN(CCCNC(=O)CCN1N=C(c2ccc(OC)cc2)CCC1=O)Cc1ccccc1. The van der Waals surface area contributed by atoms with Crippen LogP contribution in [-0.2, 0) is 16.1 Å². The number of hydrazone groups is 1. The Bertz CT molecular complexity index is 960. The minimum absolute atomic E-state index is 0.0393. The van der Waals surface area contributed by atoms with Crippen LogP contribution in [0.3, 0.4) is 0 Å². The number of methoxy groups -OCH3 is 1. The molecule has 2 aromatic carbocycles. The van der Waals surface area contributed by atoms with Crippen molar-refractivity contribution in [3.63, 3.8) is 0 Å². The highest BCUT2D eigenvalue weighted by Crippen LogP contribution is 2.18. The van der Waals surface area contributed by atoms with Crippen LogP contribution in [0.5, 0.6) is 5.75 Å². The number of carbonyl (C=O) groups is 2. The Balaban J connectivity index is 1.41. The number of rotatable bonds is 14. The van der Waals surface area contributed by atoms with E-state index in [2.05, 4.69) is 46.5 Å². The van der Waals surface area contributed by atoms with Crippen LogP contribution >= 0.6 is 0 Å². The fourth-order valence-corrected chi connectivity index (χ4v) is 4.09. The topological polar surface area (TPSA) is 74.2 Å². The van der Waals surface area contributed by atoms with Crippen molar-refractivity contribution in [2.75, 3.05) is 33.3 Å². The number of unbranched alkanes of at least 4 members (excludes halogenated alkanes) is 1. The maximum atomic E-state index is 12.4. The number of hydrogen-bond donors (Lipinski definition) is 1. The molecule has 1 aliphatic heterocycles. The third kappa shape index (κ3) is 8.83. The molecule has 0 fully saturated rings. The zero-order chi connectivity index (χ0) is 24.9. The van der Waals surface area contributed by atoms with Crippen LogP contribution in [0.15, 0.2) is 59.7 Å². The van der Waals surface area contributed by atoms with Crippen LogP contribution < -0.4 is 10.1 Å². The van der Waals surface area contributed by atoms with Gasteiger partial charge in [0.05, 0.1) is 19.4 Å². The fourth-order valence-electron chi connectivity index (χ4n) is 4.09. The third-order valence-corrected chi connectivity index (χ3v) is 6.13. The van der Waals surface area contributed by atoms with Crippen LogP contribution in [-0.4, -0.2) is 60.7 Å². The monoisotopic (exact) mass is 478 g/mol. The lowest BCUT2D eigenvalue weighted by Gasteiger charge is -2.24. The minimum atomic E-state index is -0.0484. The number of ether oxygens (including phenoxy) is 1. The highest BCUT2D eigenvalue weighted by Gasteiger charge is 2.22. The molecule has 188 valence electrons. The molecule has 0 atom stereocenters. The Morgan fingerprint density at radius 1 is 1.06 bits per heavy atom. The molecule has 1 N–H and O–H groups in total. The Labute approximate surface area is 209 Å². The van der Waals surface area contributed by atoms with E-state index in [0.29, 0.717) is 25.9 Å². The van der Waals surface area contributed by atoms with E-state index in [4.69, 9.17) is 4.74 Å². The van der Waals surface area contributed by atoms with E-state index in [-0.39, 0.29) is 18.2 Å². The quantitative estimate of drug-likeness (QED) is 0.413. The summed E-state index contributed by atoms with van der Waals surface area (Å²) in [5.74, 6) is 0.693. The van der Waals surface area contributed by atoms with E-state index >= 15 is 0 Å². The molecule has 0 saturated carbocycles. The second-order valence-corrected chi connectivity index (χ2v) is 8.86. The molecule has 0 bridgehead atoms. The molecule has 0 saturated heterocycles. The third-order valence-electron chi connectivity index (χ3n) is 6.13. The van der Waals surface area contributed by atoms with Crippen molar-refractivity contribution in [3.05, 3.63) is 65.7 Å². The van der Waals surface area contributed by atoms with Crippen LogP contribution in [0, 0.1) is 0 Å². The summed E-state index contributed by atoms with van der Waals surface area (Å²) in [7, 11) is 1.63. The molecule has 3 rings (SSSR count). The first-order valence-electron chi connectivity index (χ1n) is 12.6. The van der Waals surface area contributed by atoms with E-state index in [1.54, 1.807) is 7.11 Å². The molecule has 2 aromatic rings. The second kappa shape index (κ2) is 14.3. The van der Waals surface area contributed by atoms with Crippen molar-refractivity contribution in [2.24, 2.45) is 5.10 Å². The average Bonchev–Trinajstić information content (AvgIpc) is 2.89. The van der Waals surface area contributed by atoms with E-state index in [1.807, 2.05) is 30.3 Å². The fraction of sp³-hybridized carbons (Fsp3) is 0.464. The summed E-state index contributed by atoms with van der Waals surface area (Å²) in [6, 6.07) is 18.2. The van der Waals surface area contributed by atoms with Crippen molar-refractivity contribution >= 4 is 17.5 Å². The van der Waals surface area contributed by atoms with Gasteiger partial charge >= 0.3 is 0 Å². The molecule has 0 aromatic heterocycles. The van der Waals surface area contributed by atoms with Crippen LogP contribution in [0.2, 0.25) is 0 Å². The van der Waals surface area contributed by atoms with Crippen molar-refractivity contribution in [3.8, 4) is 5.75 Å². The van der Waals surface area contributed by atoms with Gasteiger partial charge in [-0.05, 0) is 54.8 Å². The first-order chi connectivity index (χ1) is 17.1. The summed E-state index contributed by atoms with van der Waals surface area (Å²) in [5, 5.41) is 8.96. The van der Waals surface area contributed by atoms with Crippen molar-refractivity contribution in [1.29, 1.82) is 0 Å². The number of nitrogens with zero attached hydrogens (tertiary/aromatic N) is 3. The van der Waals surface area contributed by atoms with Gasteiger partial charge in [-0.2, -0.15) is 5.10 Å². The minimum Gasteiger partial charge on any atom is -0.497 e. The maximum absolute atomic E-state index is 12.4. The highest BCUT2D eigenvalue weighted by molar-refractivity contribution is 6.04. The first kappa shape index (κ1) is 26.4. The lowest BCUT2D eigenvalue weighted by atomic mass is 10.0. The summed E-state index contributed by atoms with van der Waals surface area (Å²) in [5.41, 5.74) is 3.14. The number of carbonyl (C=O) groups excluding carboxylic acids is 2. The average molecular weight is 479 g/mol. The predicted octanol–water partition coefficient (Wildman–Crippen LogP) is 4.22. The lowest BCUT2D eigenvalue weighted by Crippen LogP contribution is -2.36. The summed E-state index contributed by atoms with van der Waals surface area (Å²) in [4.78, 5) is 27.2. The number of hydrogen-bond acceptors (Lipinski definition) is 5. The molecule has 0 aliphatic carbocycles. The smallest absolute Gasteiger partial charge is 0.243 e. The molecule has 0 unspecified atom stereocenters. The Kier molecular flexibility index (Phi) is 10.8. The van der Waals surface area contributed by atoms with Crippen LogP contribution in [0.25, 0.3) is 0 Å². The van der Waals surface area contributed by atoms with Crippen molar-refractivity contribution < 1.29 is 14.3 Å². The van der Waals surface area contributed by atoms with Gasteiger partial charge in [0.25, 0.3) is 0 Å². The molecule has 2 amide bonds. The summed E-state index contributed by atoms with van der Waals surface area (Å²) >= 11 is 0. The summed E-state index contributed by atoms with van der Waals surface area (Å²) in [6.45, 7) is 6.06. The van der Waals surface area contributed by atoms with Gasteiger partial charge in [0.15, 0.2) is 0 Å². The molecule has 1 heterocycles. The molecule has 0 spiro atoms. The zero-order valence-electron chi connectivity index (χ0n) is 21.0. The van der Waals surface area contributed by atoms with Gasteiger partial charge in [-0.15, -0.1) is 0 Å². The molecule has 1 aliphatic rings. The van der Waals surface area contributed by atoms with Gasteiger partial charge < -0.3 is 10.1 Å². The van der Waals surface area contributed by atoms with Gasteiger partial charge in [-0.25, -0.2) is 5.01 Å². The van der Waals surface area contributed by atoms with Crippen LogP contribution in [0.4, 0.5) is 0 Å². The van der Waals surface area contributed by atoms with Gasteiger partial charge in [0.1, 0.15) is 5.75 Å². The summed E-state index contributed by atoms with van der Waals surface area (Å²) < 4.78 is 5.21. The maximum Gasteiger partial charge on any atom is 0.243 e. The number of nitrogens with one attached hydrogen (secondary N) is 1. The number of benzene rings is 2.